The van der Waals surface area contributed by atoms with Crippen LogP contribution in [-0.2, 0) is 9.63 Å². The molecule has 2 rings (SSSR count). The predicted molar refractivity (Wildman–Crippen MR) is 79.9 cm³/mol. The Balaban J connectivity index is 2.19. The van der Waals surface area contributed by atoms with Crippen molar-refractivity contribution in [2.75, 3.05) is 18.0 Å². The highest BCUT2D eigenvalue weighted by molar-refractivity contribution is 5.94. The number of carbonyl (C=O) groups is 1. The normalized spacial score (nSPS) is 10.5. The lowest BCUT2D eigenvalue weighted by Gasteiger charge is -2.24. The highest BCUT2D eigenvalue weighted by atomic mass is 16.7. The average molecular weight is 273 g/mol. The van der Waals surface area contributed by atoms with Gasteiger partial charge in [0.05, 0.1) is 6.42 Å². The lowest BCUT2D eigenvalue weighted by atomic mass is 10.1. The Morgan fingerprint density at radius 1 is 1.25 bits per heavy atom. The van der Waals surface area contributed by atoms with Gasteiger partial charge in [0.1, 0.15) is 0 Å². The summed E-state index contributed by atoms with van der Waals surface area (Å²) in [6, 6.07) is 14.4. The van der Waals surface area contributed by atoms with E-state index in [0.29, 0.717) is 6.54 Å². The summed E-state index contributed by atoms with van der Waals surface area (Å²) >= 11 is 0. The number of nitrogens with zero attached hydrogens (tertiary/aromatic N) is 1. The fourth-order valence-electron chi connectivity index (χ4n) is 2.28. The van der Waals surface area contributed by atoms with E-state index in [0.717, 1.165) is 12.2 Å². The van der Waals surface area contributed by atoms with Gasteiger partial charge in [-0.1, -0.05) is 42.0 Å². The van der Waals surface area contributed by atoms with E-state index >= 15 is 0 Å². The summed E-state index contributed by atoms with van der Waals surface area (Å²) < 4.78 is 0. The second kappa shape index (κ2) is 6.88. The Morgan fingerprint density at radius 2 is 2.00 bits per heavy atom. The molecule has 0 radical (unpaired) electrons. The monoisotopic (exact) mass is 273 g/mol. The molecule has 0 heterocycles. The number of rotatable bonds is 6. The summed E-state index contributed by atoms with van der Waals surface area (Å²) in [5.74, 6) is 4.58. The summed E-state index contributed by atoms with van der Waals surface area (Å²) in [7, 11) is 0. The van der Waals surface area contributed by atoms with Gasteiger partial charge in [0, 0.05) is 24.2 Å². The molecule has 3 N–H and O–H groups in total. The van der Waals surface area contributed by atoms with E-state index in [2.05, 4.69) is 40.9 Å². The minimum atomic E-state index is -0.369. The molecule has 2 aromatic rings. The number of nitrogens with one attached hydrogen (secondary N) is 1. The molecular weight excluding hydrogens is 254 g/mol. The number of benzene rings is 2. The maximum absolute atomic E-state index is 11.4. The molecule has 0 aliphatic heterocycles. The first-order valence-electron chi connectivity index (χ1n) is 6.64. The predicted octanol–water partition coefficient (Wildman–Crippen LogP) is 1.98. The molecule has 20 heavy (non-hydrogen) atoms. The maximum Gasteiger partial charge on any atom is 0.328 e. The SMILES string of the molecule is CCN(CCC(=O)ONN)c1cccc2ccccc12. The molecule has 0 bridgehead atoms. The topological polar surface area (TPSA) is 67.6 Å². The summed E-state index contributed by atoms with van der Waals surface area (Å²) in [6.45, 7) is 3.47. The highest BCUT2D eigenvalue weighted by Gasteiger charge is 2.11. The summed E-state index contributed by atoms with van der Waals surface area (Å²) in [4.78, 5) is 18.0. The fraction of sp³-hybridized carbons (Fsp3) is 0.267. The van der Waals surface area contributed by atoms with Gasteiger partial charge in [-0.2, -0.15) is 0 Å². The molecule has 0 saturated heterocycles. The second-order valence-electron chi connectivity index (χ2n) is 4.42. The molecule has 0 spiro atoms. The quantitative estimate of drug-likeness (QED) is 0.622. The molecule has 0 unspecified atom stereocenters. The lowest BCUT2D eigenvalue weighted by molar-refractivity contribution is -0.150. The van der Waals surface area contributed by atoms with Crippen molar-refractivity contribution in [2.24, 2.45) is 5.84 Å². The highest BCUT2D eigenvalue weighted by Crippen LogP contribution is 2.26. The zero-order valence-corrected chi connectivity index (χ0v) is 11.5. The number of nitrogens with two attached hydrogens (primary N) is 1. The van der Waals surface area contributed by atoms with Crippen LogP contribution in [-0.4, -0.2) is 19.1 Å². The third-order valence-electron chi connectivity index (χ3n) is 3.25. The van der Waals surface area contributed by atoms with Crippen LogP contribution in [0.2, 0.25) is 0 Å². The van der Waals surface area contributed by atoms with E-state index in [9.17, 15) is 4.79 Å². The minimum Gasteiger partial charge on any atom is -0.371 e. The molecule has 0 fully saturated rings. The summed E-state index contributed by atoms with van der Waals surface area (Å²) in [5.41, 5.74) is 3.03. The first kappa shape index (κ1) is 14.3. The molecule has 0 aromatic heterocycles. The van der Waals surface area contributed by atoms with Crippen molar-refractivity contribution in [2.45, 2.75) is 13.3 Å². The van der Waals surface area contributed by atoms with Gasteiger partial charge >= 0.3 is 5.97 Å². The van der Waals surface area contributed by atoms with Gasteiger partial charge in [-0.05, 0) is 18.4 Å². The van der Waals surface area contributed by atoms with Crippen LogP contribution < -0.4 is 16.3 Å². The van der Waals surface area contributed by atoms with E-state index < -0.39 is 0 Å². The van der Waals surface area contributed by atoms with E-state index in [-0.39, 0.29) is 12.4 Å². The molecule has 5 nitrogen and oxygen atoms in total. The van der Waals surface area contributed by atoms with Crippen LogP contribution in [0.5, 0.6) is 0 Å². The summed E-state index contributed by atoms with van der Waals surface area (Å²) in [5, 5.41) is 2.37. The van der Waals surface area contributed by atoms with Crippen LogP contribution in [0.4, 0.5) is 5.69 Å². The largest absolute Gasteiger partial charge is 0.371 e. The Bertz CT molecular complexity index is 581. The third kappa shape index (κ3) is 3.26. The van der Waals surface area contributed by atoms with Crippen molar-refractivity contribution < 1.29 is 9.63 Å². The molecule has 0 amide bonds. The van der Waals surface area contributed by atoms with Crippen molar-refractivity contribution in [1.82, 2.24) is 5.59 Å². The molecule has 0 atom stereocenters. The van der Waals surface area contributed by atoms with Gasteiger partial charge in [-0.3, -0.25) is 4.79 Å². The molecule has 0 saturated carbocycles. The van der Waals surface area contributed by atoms with Crippen molar-refractivity contribution >= 4 is 22.4 Å². The van der Waals surface area contributed by atoms with Crippen molar-refractivity contribution in [3.63, 3.8) is 0 Å². The summed E-state index contributed by atoms with van der Waals surface area (Å²) in [6.07, 6.45) is 0.279. The number of hydrogen-bond acceptors (Lipinski definition) is 5. The Hall–Kier alpha value is -2.11. The number of fused-ring (bicyclic) bond motifs is 1. The van der Waals surface area contributed by atoms with Gasteiger partial charge in [-0.15, -0.1) is 0 Å². The Kier molecular flexibility index (Phi) is 4.92. The molecule has 5 heteroatoms. The van der Waals surface area contributed by atoms with Crippen LogP contribution >= 0.6 is 0 Å². The zero-order valence-electron chi connectivity index (χ0n) is 11.5. The second-order valence-corrected chi connectivity index (χ2v) is 4.42. The zero-order chi connectivity index (χ0) is 14.4. The van der Waals surface area contributed by atoms with E-state index in [1.165, 1.54) is 10.8 Å². The lowest BCUT2D eigenvalue weighted by Crippen LogP contribution is -2.30. The third-order valence-corrected chi connectivity index (χ3v) is 3.25. The van der Waals surface area contributed by atoms with Crippen molar-refractivity contribution in [3.8, 4) is 0 Å². The van der Waals surface area contributed by atoms with Crippen molar-refractivity contribution in [1.29, 1.82) is 0 Å². The van der Waals surface area contributed by atoms with Gasteiger partial charge in [0.15, 0.2) is 0 Å². The van der Waals surface area contributed by atoms with Crippen LogP contribution in [0.1, 0.15) is 13.3 Å². The fourth-order valence-corrected chi connectivity index (χ4v) is 2.28. The van der Waals surface area contributed by atoms with Crippen LogP contribution in [0.15, 0.2) is 42.5 Å². The average Bonchev–Trinajstić information content (AvgIpc) is 2.48. The Labute approximate surface area is 118 Å². The molecule has 0 aliphatic carbocycles. The van der Waals surface area contributed by atoms with Crippen LogP contribution in [0, 0.1) is 0 Å². The molecule has 0 aliphatic rings. The standard InChI is InChI=1S/C15H19N3O2/c1-2-18(11-10-15(19)20-17-16)14-9-5-7-12-6-3-4-8-13(12)14/h3-9,17H,2,10-11,16H2,1H3. The first-order valence-corrected chi connectivity index (χ1v) is 6.64. The first-order chi connectivity index (χ1) is 9.76. The van der Waals surface area contributed by atoms with Crippen LogP contribution in [0.3, 0.4) is 0 Å². The number of anilines is 1. The van der Waals surface area contributed by atoms with Gasteiger partial charge in [-0.25, -0.2) is 5.84 Å². The van der Waals surface area contributed by atoms with E-state index in [1.54, 1.807) is 0 Å². The Morgan fingerprint density at radius 3 is 2.75 bits per heavy atom. The number of hydrogen-bond donors (Lipinski definition) is 2. The van der Waals surface area contributed by atoms with Crippen LogP contribution in [0.25, 0.3) is 10.8 Å². The molecular formula is C15H19N3O2. The molecule has 106 valence electrons. The number of hydrazine groups is 1. The van der Waals surface area contributed by atoms with Gasteiger partial charge < -0.3 is 9.74 Å². The van der Waals surface area contributed by atoms with Crippen molar-refractivity contribution in [3.05, 3.63) is 42.5 Å². The van der Waals surface area contributed by atoms with Gasteiger partial charge in [0.2, 0.25) is 0 Å². The maximum atomic E-state index is 11.4. The smallest absolute Gasteiger partial charge is 0.328 e. The minimum absolute atomic E-state index is 0.279. The number of carbonyl (C=O) groups excluding carboxylic acids is 1. The molecule has 2 aromatic carbocycles. The van der Waals surface area contributed by atoms with Gasteiger partial charge in [0.25, 0.3) is 0 Å². The van der Waals surface area contributed by atoms with E-state index in [1.807, 2.05) is 23.8 Å². The van der Waals surface area contributed by atoms with E-state index in [4.69, 9.17) is 5.84 Å².